The van der Waals surface area contributed by atoms with E-state index in [2.05, 4.69) is 27.2 Å². The van der Waals surface area contributed by atoms with Gasteiger partial charge in [0.1, 0.15) is 24.0 Å². The number of aliphatic hydroxyl groups is 1. The minimum Gasteiger partial charge on any atom is -0.383 e. The maximum atomic E-state index is 12.7. The number of carbonyl (C=O) groups excluding carboxylic acids is 1. The maximum absolute atomic E-state index is 12.7. The first-order valence-electron chi connectivity index (χ1n) is 12.1. The first-order valence-corrected chi connectivity index (χ1v) is 12.1. The van der Waals surface area contributed by atoms with Gasteiger partial charge in [-0.05, 0) is 54.3 Å². The molecule has 0 radical (unpaired) electrons. The first-order chi connectivity index (χ1) is 17.8. The molecule has 2 aromatic heterocycles. The predicted octanol–water partition coefficient (Wildman–Crippen LogP) is 3.71. The van der Waals surface area contributed by atoms with Crippen molar-refractivity contribution in [3.8, 4) is 22.4 Å². The molecule has 5 N–H and O–H groups in total. The summed E-state index contributed by atoms with van der Waals surface area (Å²) in [6.45, 7) is 6.75. The van der Waals surface area contributed by atoms with E-state index in [0.29, 0.717) is 35.8 Å². The molecule has 1 amide bonds. The summed E-state index contributed by atoms with van der Waals surface area (Å²) in [4.78, 5) is 21.5. The van der Waals surface area contributed by atoms with Crippen LogP contribution in [0.25, 0.3) is 33.4 Å². The maximum Gasteiger partial charge on any atom is 0.251 e. The van der Waals surface area contributed by atoms with Gasteiger partial charge in [0.15, 0.2) is 0 Å². The number of aryl methyl sites for hydroxylation is 1. The van der Waals surface area contributed by atoms with Gasteiger partial charge in [0.25, 0.3) is 5.91 Å². The molecule has 0 bridgehead atoms. The quantitative estimate of drug-likeness (QED) is 0.226. The third kappa shape index (κ3) is 4.78. The molecular formula is C28H30N6O3. The summed E-state index contributed by atoms with van der Waals surface area (Å²) in [6.07, 6.45) is 1.45. The van der Waals surface area contributed by atoms with Crippen LogP contribution < -0.4 is 16.4 Å². The highest BCUT2D eigenvalue weighted by Gasteiger charge is 2.23. The van der Waals surface area contributed by atoms with Gasteiger partial charge in [0.05, 0.1) is 23.7 Å². The Hall–Kier alpha value is -4.21. The molecule has 9 heteroatoms. The van der Waals surface area contributed by atoms with Gasteiger partial charge in [-0.15, -0.1) is 0 Å². The molecule has 1 fully saturated rings. The monoisotopic (exact) mass is 498 g/mol. The van der Waals surface area contributed by atoms with Gasteiger partial charge in [-0.1, -0.05) is 30.8 Å². The zero-order chi connectivity index (χ0) is 26.1. The van der Waals surface area contributed by atoms with E-state index in [9.17, 15) is 9.90 Å². The molecule has 5 rings (SSSR count). The summed E-state index contributed by atoms with van der Waals surface area (Å²) in [5.74, 6) is 0.260. The fourth-order valence-electron chi connectivity index (χ4n) is 4.61. The molecule has 1 aliphatic rings. The molecule has 1 saturated heterocycles. The molecule has 2 atom stereocenters. The lowest BCUT2D eigenvalue weighted by Gasteiger charge is -2.15. The average Bonchev–Trinajstić information content (AvgIpc) is 3.51. The Labute approximate surface area is 215 Å². The van der Waals surface area contributed by atoms with Crippen LogP contribution in [0.5, 0.6) is 0 Å². The van der Waals surface area contributed by atoms with Crippen molar-refractivity contribution in [1.29, 1.82) is 0 Å². The van der Waals surface area contributed by atoms with Crippen LogP contribution in [0.1, 0.15) is 23.7 Å². The Balaban J connectivity index is 1.54. The van der Waals surface area contributed by atoms with Crippen LogP contribution in [0.2, 0.25) is 0 Å². The van der Waals surface area contributed by atoms with Gasteiger partial charge in [0, 0.05) is 30.5 Å². The molecule has 9 nitrogen and oxygen atoms in total. The molecule has 37 heavy (non-hydrogen) atoms. The molecular weight excluding hydrogens is 468 g/mol. The van der Waals surface area contributed by atoms with E-state index in [0.717, 1.165) is 39.9 Å². The summed E-state index contributed by atoms with van der Waals surface area (Å²) < 4.78 is 7.35. The second-order valence-electron chi connectivity index (χ2n) is 9.32. The van der Waals surface area contributed by atoms with Crippen LogP contribution in [0.15, 0.2) is 67.0 Å². The van der Waals surface area contributed by atoms with Crippen molar-refractivity contribution in [3.05, 3.63) is 72.6 Å². The zero-order valence-electron chi connectivity index (χ0n) is 20.9. The molecule has 2 unspecified atom stereocenters. The second kappa shape index (κ2) is 10.0. The van der Waals surface area contributed by atoms with Crippen molar-refractivity contribution < 1.29 is 14.6 Å². The van der Waals surface area contributed by atoms with Gasteiger partial charge in [0.2, 0.25) is 0 Å². The number of nitrogens with two attached hydrogens (primary N) is 1. The van der Waals surface area contributed by atoms with Gasteiger partial charge >= 0.3 is 0 Å². The van der Waals surface area contributed by atoms with E-state index in [1.54, 1.807) is 6.92 Å². The molecule has 4 aromatic rings. The number of nitrogens with zero attached hydrogens (tertiary/aromatic N) is 3. The Kier molecular flexibility index (Phi) is 6.64. The summed E-state index contributed by atoms with van der Waals surface area (Å²) >= 11 is 0. The number of anilines is 2. The van der Waals surface area contributed by atoms with Gasteiger partial charge in [-0.25, -0.2) is 9.97 Å². The molecule has 1 aliphatic heterocycles. The van der Waals surface area contributed by atoms with E-state index in [4.69, 9.17) is 10.5 Å². The van der Waals surface area contributed by atoms with Crippen molar-refractivity contribution in [2.45, 2.75) is 25.6 Å². The molecule has 2 aromatic carbocycles. The molecule has 3 heterocycles. The normalized spacial score (nSPS) is 16.0. The van der Waals surface area contributed by atoms with Crippen LogP contribution in [0.4, 0.5) is 11.5 Å². The number of benzene rings is 2. The van der Waals surface area contributed by atoms with Gasteiger partial charge in [-0.3, -0.25) is 4.79 Å². The molecule has 0 aliphatic carbocycles. The number of aromatic nitrogens is 3. The number of ether oxygens (including phenoxy) is 1. The summed E-state index contributed by atoms with van der Waals surface area (Å²) in [5.41, 5.74) is 12.6. The summed E-state index contributed by atoms with van der Waals surface area (Å²) in [6, 6.07) is 15.3. The second-order valence-corrected chi connectivity index (χ2v) is 9.32. The van der Waals surface area contributed by atoms with Crippen LogP contribution in [0, 0.1) is 0 Å². The lowest BCUT2D eigenvalue weighted by Crippen LogP contribution is -2.34. The average molecular weight is 499 g/mol. The third-order valence-electron chi connectivity index (χ3n) is 6.63. The number of carbonyl (C=O) groups is 1. The van der Waals surface area contributed by atoms with E-state index in [1.165, 1.54) is 6.33 Å². The highest BCUT2D eigenvalue weighted by atomic mass is 16.5. The standard InChI is InChI=1S/C28H30N6O3/c1-16(2)27(35)32-20-10-8-18(9-11-20)24-22(23-25(29)30-15-31-26(23)34(24)3)17-4-6-19(7-5-17)28(36)33-21-12-13-37-14-21/h4-11,15,21,27,32,35H,1,12-14H2,2-3H3,(H,33,36)(H2,29,30,31). The van der Waals surface area contributed by atoms with Crippen molar-refractivity contribution >= 4 is 28.4 Å². The lowest BCUT2D eigenvalue weighted by atomic mass is 9.97. The van der Waals surface area contributed by atoms with E-state index < -0.39 is 6.23 Å². The Morgan fingerprint density at radius 1 is 1.16 bits per heavy atom. The van der Waals surface area contributed by atoms with Crippen LogP contribution in [0.3, 0.4) is 0 Å². The number of aliphatic hydroxyl groups excluding tert-OH is 1. The van der Waals surface area contributed by atoms with E-state index in [-0.39, 0.29) is 11.9 Å². The Morgan fingerprint density at radius 3 is 2.51 bits per heavy atom. The van der Waals surface area contributed by atoms with Crippen LogP contribution in [-0.4, -0.2) is 51.0 Å². The highest BCUT2D eigenvalue weighted by Crippen LogP contribution is 2.41. The third-order valence-corrected chi connectivity index (χ3v) is 6.63. The van der Waals surface area contributed by atoms with Crippen molar-refractivity contribution in [3.63, 3.8) is 0 Å². The smallest absolute Gasteiger partial charge is 0.251 e. The van der Waals surface area contributed by atoms with Gasteiger partial charge in [-0.2, -0.15) is 0 Å². The first kappa shape index (κ1) is 24.5. The molecule has 190 valence electrons. The van der Waals surface area contributed by atoms with Crippen LogP contribution in [-0.2, 0) is 11.8 Å². The minimum atomic E-state index is -0.828. The van der Waals surface area contributed by atoms with Crippen molar-refractivity contribution in [1.82, 2.24) is 19.9 Å². The number of hydrogen-bond acceptors (Lipinski definition) is 7. The Morgan fingerprint density at radius 2 is 1.86 bits per heavy atom. The fourth-order valence-corrected chi connectivity index (χ4v) is 4.61. The largest absolute Gasteiger partial charge is 0.383 e. The summed E-state index contributed by atoms with van der Waals surface area (Å²) in [7, 11) is 1.94. The molecule has 0 spiro atoms. The SMILES string of the molecule is C=C(C)C(O)Nc1ccc(-c2c(-c3ccc(C(=O)NC4CCOC4)cc3)c3c(N)ncnc3n2C)cc1. The summed E-state index contributed by atoms with van der Waals surface area (Å²) in [5, 5.41) is 16.9. The molecule has 0 saturated carbocycles. The predicted molar refractivity (Wildman–Crippen MR) is 145 cm³/mol. The number of amides is 1. The topological polar surface area (TPSA) is 127 Å². The van der Waals surface area contributed by atoms with Crippen molar-refractivity contribution in [2.24, 2.45) is 7.05 Å². The number of nitrogen functional groups attached to an aromatic ring is 1. The van der Waals surface area contributed by atoms with E-state index in [1.807, 2.05) is 60.1 Å². The number of hydrogen-bond donors (Lipinski definition) is 4. The number of fused-ring (bicyclic) bond motifs is 1. The fraction of sp³-hybridized carbons (Fsp3) is 0.250. The zero-order valence-corrected chi connectivity index (χ0v) is 20.9. The lowest BCUT2D eigenvalue weighted by molar-refractivity contribution is 0.0930. The number of nitrogens with one attached hydrogen (secondary N) is 2. The van der Waals surface area contributed by atoms with E-state index >= 15 is 0 Å². The van der Waals surface area contributed by atoms with Crippen LogP contribution >= 0.6 is 0 Å². The minimum absolute atomic E-state index is 0.0442. The highest BCUT2D eigenvalue weighted by molar-refractivity contribution is 6.08. The number of rotatable bonds is 7. The van der Waals surface area contributed by atoms with Crippen molar-refractivity contribution in [2.75, 3.05) is 24.3 Å². The Bertz CT molecular complexity index is 1450. The van der Waals surface area contributed by atoms with Gasteiger partial charge < -0.3 is 30.8 Å².